The normalized spacial score (nSPS) is 10.5. The molecule has 2 aromatic rings. The maximum atomic E-state index is 11.2. The Kier molecular flexibility index (Phi) is 1.95. The minimum absolute atomic E-state index is 0.395. The molecular formula is C8H4INO3. The van der Waals surface area contributed by atoms with E-state index in [-0.39, 0.29) is 0 Å². The minimum atomic E-state index is -0.723. The van der Waals surface area contributed by atoms with Crippen molar-refractivity contribution < 1.29 is 4.42 Å². The van der Waals surface area contributed by atoms with Crippen molar-refractivity contribution in [3.63, 3.8) is 0 Å². The number of fused-ring (bicyclic) bond motifs is 1. The average molecular weight is 289 g/mol. The van der Waals surface area contributed by atoms with Crippen molar-refractivity contribution in [2.24, 2.45) is 0 Å². The van der Waals surface area contributed by atoms with Crippen LogP contribution < -0.4 is 11.4 Å². The molecule has 0 saturated heterocycles. The number of benzene rings is 1. The summed E-state index contributed by atoms with van der Waals surface area (Å²) >= 11 is 2.08. The number of H-pyrrole nitrogens is 1. The van der Waals surface area contributed by atoms with E-state index in [2.05, 4.69) is 32.0 Å². The first-order chi connectivity index (χ1) is 6.16. The van der Waals surface area contributed by atoms with Gasteiger partial charge in [-0.3, -0.25) is 4.98 Å². The summed E-state index contributed by atoms with van der Waals surface area (Å²) in [5.74, 6) is -0.723. The molecule has 0 aliphatic rings. The molecule has 2 rings (SSSR count). The highest BCUT2D eigenvalue weighted by Crippen LogP contribution is 2.10. The Morgan fingerprint density at radius 1 is 1.31 bits per heavy atom. The van der Waals surface area contributed by atoms with Crippen molar-refractivity contribution >= 4 is 33.5 Å². The second-order valence-corrected chi connectivity index (χ2v) is 3.74. The van der Waals surface area contributed by atoms with Crippen molar-refractivity contribution in [1.29, 1.82) is 0 Å². The van der Waals surface area contributed by atoms with Crippen LogP contribution in [0.1, 0.15) is 0 Å². The van der Waals surface area contributed by atoms with Gasteiger partial charge >= 0.3 is 11.4 Å². The van der Waals surface area contributed by atoms with Crippen LogP contribution in [0.3, 0.4) is 0 Å². The SMILES string of the molecule is O=c1[nH]c2ccc(I)cc2c(=O)o1. The second-order valence-electron chi connectivity index (χ2n) is 2.49. The summed E-state index contributed by atoms with van der Waals surface area (Å²) in [7, 11) is 0. The fraction of sp³-hybridized carbons (Fsp3) is 0. The third-order valence-corrected chi connectivity index (χ3v) is 2.29. The summed E-state index contributed by atoms with van der Waals surface area (Å²) in [5, 5.41) is 0.395. The van der Waals surface area contributed by atoms with E-state index in [9.17, 15) is 9.59 Å². The van der Waals surface area contributed by atoms with Gasteiger partial charge in [0.05, 0.1) is 10.9 Å². The molecule has 0 bridgehead atoms. The number of nitrogens with one attached hydrogen (secondary N) is 1. The molecule has 5 heteroatoms. The number of rotatable bonds is 0. The Bertz CT molecular complexity index is 569. The molecule has 0 saturated carbocycles. The quantitative estimate of drug-likeness (QED) is 0.738. The number of aromatic amines is 1. The van der Waals surface area contributed by atoms with Crippen molar-refractivity contribution in [3.8, 4) is 0 Å². The Morgan fingerprint density at radius 2 is 2.08 bits per heavy atom. The van der Waals surface area contributed by atoms with Crippen LogP contribution in [0.4, 0.5) is 0 Å². The number of hydrogen-bond acceptors (Lipinski definition) is 3. The Labute approximate surface area is 85.7 Å². The van der Waals surface area contributed by atoms with E-state index >= 15 is 0 Å². The molecule has 0 fully saturated rings. The van der Waals surface area contributed by atoms with Crippen molar-refractivity contribution in [2.45, 2.75) is 0 Å². The molecule has 1 aromatic carbocycles. The van der Waals surface area contributed by atoms with Crippen molar-refractivity contribution in [3.05, 3.63) is 42.7 Å². The number of aromatic nitrogens is 1. The first-order valence-corrected chi connectivity index (χ1v) is 4.57. The highest BCUT2D eigenvalue weighted by atomic mass is 127. The van der Waals surface area contributed by atoms with Crippen LogP contribution in [0.2, 0.25) is 0 Å². The van der Waals surface area contributed by atoms with Gasteiger partial charge < -0.3 is 4.42 Å². The van der Waals surface area contributed by atoms with Gasteiger partial charge in [0.25, 0.3) is 0 Å². The smallest absolute Gasteiger partial charge is 0.372 e. The Balaban J connectivity index is 3.04. The number of halogens is 1. The zero-order valence-electron chi connectivity index (χ0n) is 6.33. The molecule has 1 heterocycles. The zero-order valence-corrected chi connectivity index (χ0v) is 8.49. The lowest BCUT2D eigenvalue weighted by molar-refractivity contribution is 0.460. The van der Waals surface area contributed by atoms with E-state index in [1.54, 1.807) is 18.2 Å². The van der Waals surface area contributed by atoms with Gasteiger partial charge in [0.2, 0.25) is 0 Å². The predicted molar refractivity (Wildman–Crippen MR) is 55.8 cm³/mol. The van der Waals surface area contributed by atoms with Crippen LogP contribution in [0.15, 0.2) is 32.2 Å². The molecule has 1 aromatic heterocycles. The molecule has 0 aliphatic heterocycles. The number of hydrogen-bond donors (Lipinski definition) is 1. The molecule has 0 radical (unpaired) electrons. The third kappa shape index (κ3) is 1.51. The highest BCUT2D eigenvalue weighted by molar-refractivity contribution is 14.1. The predicted octanol–water partition coefficient (Wildman–Crippen LogP) is 1.09. The van der Waals surface area contributed by atoms with Gasteiger partial charge in [0.15, 0.2) is 0 Å². The van der Waals surface area contributed by atoms with Gasteiger partial charge in [-0.1, -0.05) is 0 Å². The standard InChI is InChI=1S/C8H4INO3/c9-4-1-2-6-5(3-4)7(11)13-8(12)10-6/h1-3H,(H,10,12). The van der Waals surface area contributed by atoms with Crippen LogP contribution in [0.25, 0.3) is 10.9 Å². The maximum absolute atomic E-state index is 11.2. The van der Waals surface area contributed by atoms with Gasteiger partial charge in [-0.25, -0.2) is 9.59 Å². The lowest BCUT2D eigenvalue weighted by atomic mass is 10.2. The van der Waals surface area contributed by atoms with Crippen molar-refractivity contribution in [1.82, 2.24) is 4.98 Å². The van der Waals surface area contributed by atoms with E-state index in [4.69, 9.17) is 0 Å². The van der Waals surface area contributed by atoms with Crippen LogP contribution in [-0.4, -0.2) is 4.98 Å². The molecule has 13 heavy (non-hydrogen) atoms. The molecule has 0 unspecified atom stereocenters. The monoisotopic (exact) mass is 289 g/mol. The molecule has 1 N–H and O–H groups in total. The van der Waals surface area contributed by atoms with E-state index in [0.29, 0.717) is 10.9 Å². The zero-order chi connectivity index (χ0) is 9.42. The molecule has 0 spiro atoms. The Hall–Kier alpha value is -1.11. The molecule has 0 aliphatic carbocycles. The lowest BCUT2D eigenvalue weighted by Gasteiger charge is -1.94. The van der Waals surface area contributed by atoms with E-state index in [0.717, 1.165) is 3.57 Å². The van der Waals surface area contributed by atoms with Crippen LogP contribution in [-0.2, 0) is 0 Å². The summed E-state index contributed by atoms with van der Waals surface area (Å²) < 4.78 is 5.30. The van der Waals surface area contributed by atoms with Gasteiger partial charge in [-0.2, -0.15) is 0 Å². The summed E-state index contributed by atoms with van der Waals surface area (Å²) in [6.07, 6.45) is 0. The highest BCUT2D eigenvalue weighted by Gasteiger charge is 2.01. The third-order valence-electron chi connectivity index (χ3n) is 1.62. The largest absolute Gasteiger partial charge is 0.419 e. The fourth-order valence-corrected chi connectivity index (χ4v) is 1.56. The van der Waals surface area contributed by atoms with E-state index in [1.807, 2.05) is 0 Å². The van der Waals surface area contributed by atoms with Gasteiger partial charge in [-0.05, 0) is 40.8 Å². The van der Waals surface area contributed by atoms with Gasteiger partial charge in [0, 0.05) is 3.57 Å². The summed E-state index contributed by atoms with van der Waals surface area (Å²) in [4.78, 5) is 24.4. The lowest BCUT2D eigenvalue weighted by Crippen LogP contribution is -2.14. The minimum Gasteiger partial charge on any atom is -0.372 e. The van der Waals surface area contributed by atoms with Crippen LogP contribution in [0, 0.1) is 3.57 Å². The van der Waals surface area contributed by atoms with Crippen LogP contribution in [0.5, 0.6) is 0 Å². The average Bonchev–Trinajstić information content (AvgIpc) is 2.06. The molecule has 66 valence electrons. The van der Waals surface area contributed by atoms with E-state index in [1.165, 1.54) is 0 Å². The fourth-order valence-electron chi connectivity index (χ4n) is 1.07. The second kappa shape index (κ2) is 2.99. The topological polar surface area (TPSA) is 63.1 Å². The Morgan fingerprint density at radius 3 is 2.85 bits per heavy atom. The van der Waals surface area contributed by atoms with Crippen LogP contribution >= 0.6 is 22.6 Å². The molecule has 0 amide bonds. The molecule has 4 nitrogen and oxygen atoms in total. The summed E-state index contributed by atoms with van der Waals surface area (Å²) in [6.45, 7) is 0. The van der Waals surface area contributed by atoms with Gasteiger partial charge in [-0.15, -0.1) is 0 Å². The molecular weight excluding hydrogens is 285 g/mol. The molecule has 0 atom stereocenters. The first kappa shape index (κ1) is 8.49. The van der Waals surface area contributed by atoms with Crippen molar-refractivity contribution in [2.75, 3.05) is 0 Å². The van der Waals surface area contributed by atoms with E-state index < -0.39 is 11.4 Å². The van der Waals surface area contributed by atoms with Gasteiger partial charge in [0.1, 0.15) is 0 Å². The first-order valence-electron chi connectivity index (χ1n) is 3.49. The summed E-state index contributed by atoms with van der Waals surface area (Å²) in [6, 6.07) is 5.14. The summed E-state index contributed by atoms with van der Waals surface area (Å²) in [5.41, 5.74) is -0.0982. The maximum Gasteiger partial charge on any atom is 0.419 e.